The highest BCUT2D eigenvalue weighted by Gasteiger charge is 2.23. The number of ketones is 1. The van der Waals surface area contributed by atoms with Crippen LogP contribution < -0.4 is 0 Å². The van der Waals surface area contributed by atoms with Gasteiger partial charge in [-0.3, -0.25) is 4.79 Å². The van der Waals surface area contributed by atoms with Crippen LogP contribution in [0.5, 0.6) is 0 Å². The van der Waals surface area contributed by atoms with Crippen molar-refractivity contribution in [2.75, 3.05) is 20.1 Å². The number of hydrogen-bond acceptors (Lipinski definition) is 3. The van der Waals surface area contributed by atoms with E-state index in [-0.39, 0.29) is 0 Å². The molecule has 1 unspecified atom stereocenters. The van der Waals surface area contributed by atoms with Gasteiger partial charge in [0.05, 0.1) is 0 Å². The van der Waals surface area contributed by atoms with Crippen LogP contribution in [-0.4, -0.2) is 30.8 Å². The number of likely N-dealkylation sites (N-methyl/N-ethyl adjacent to an activating group) is 1. The summed E-state index contributed by atoms with van der Waals surface area (Å²) < 4.78 is 0. The molecule has 0 aliphatic heterocycles. The van der Waals surface area contributed by atoms with Gasteiger partial charge in [0.15, 0.2) is 0 Å². The predicted molar refractivity (Wildman–Crippen MR) is 72.5 cm³/mol. The van der Waals surface area contributed by atoms with Gasteiger partial charge in [-0.25, -0.2) is 0 Å². The lowest BCUT2D eigenvalue weighted by atomic mass is 10.0. The second-order valence-electron chi connectivity index (χ2n) is 4.98. The Morgan fingerprint density at radius 1 is 1.47 bits per heavy atom. The van der Waals surface area contributed by atoms with Gasteiger partial charge in [-0.1, -0.05) is 6.07 Å². The average molecular weight is 251 g/mol. The van der Waals surface area contributed by atoms with Crippen molar-refractivity contribution >= 4 is 17.1 Å². The Morgan fingerprint density at radius 3 is 3.00 bits per heavy atom. The summed E-state index contributed by atoms with van der Waals surface area (Å²) in [6.45, 7) is 2.16. The van der Waals surface area contributed by atoms with Gasteiger partial charge < -0.3 is 4.90 Å². The minimum absolute atomic E-state index is 0.360. The van der Waals surface area contributed by atoms with Crippen LogP contribution in [0, 0.1) is 5.92 Å². The molecular formula is C14H21NOS. The molecule has 1 aliphatic carbocycles. The highest BCUT2D eigenvalue weighted by atomic mass is 32.1. The molecule has 0 amide bonds. The van der Waals surface area contributed by atoms with Crippen LogP contribution in [0.2, 0.25) is 0 Å². The molecule has 1 aliphatic rings. The Bertz CT molecular complexity index is 347. The summed E-state index contributed by atoms with van der Waals surface area (Å²) in [7, 11) is 2.16. The fourth-order valence-corrected chi connectivity index (χ4v) is 3.14. The molecule has 1 saturated carbocycles. The average Bonchev–Trinajstić information content (AvgIpc) is 2.95. The molecule has 3 heteroatoms. The number of thiophene rings is 1. The molecule has 1 atom stereocenters. The molecule has 0 aromatic carbocycles. The molecule has 0 N–H and O–H groups in total. The summed E-state index contributed by atoms with van der Waals surface area (Å²) in [4.78, 5) is 15.3. The van der Waals surface area contributed by atoms with Crippen molar-refractivity contribution in [3.63, 3.8) is 0 Å². The van der Waals surface area contributed by atoms with Crippen molar-refractivity contribution in [3.8, 4) is 0 Å². The lowest BCUT2D eigenvalue weighted by molar-refractivity contribution is -0.120. The Kier molecular flexibility index (Phi) is 4.75. The zero-order valence-corrected chi connectivity index (χ0v) is 11.3. The first kappa shape index (κ1) is 12.8. The lowest BCUT2D eigenvalue weighted by Crippen LogP contribution is -2.24. The van der Waals surface area contributed by atoms with Crippen molar-refractivity contribution in [1.82, 2.24) is 4.90 Å². The van der Waals surface area contributed by atoms with Crippen LogP contribution in [0.1, 0.15) is 30.6 Å². The third kappa shape index (κ3) is 3.93. The first-order valence-electron chi connectivity index (χ1n) is 6.49. The second-order valence-corrected chi connectivity index (χ2v) is 6.01. The van der Waals surface area contributed by atoms with Crippen molar-refractivity contribution < 1.29 is 4.79 Å². The van der Waals surface area contributed by atoms with E-state index < -0.39 is 0 Å². The van der Waals surface area contributed by atoms with E-state index in [1.165, 1.54) is 4.88 Å². The minimum Gasteiger partial charge on any atom is -0.306 e. The summed E-state index contributed by atoms with van der Waals surface area (Å²) in [6, 6.07) is 4.30. The predicted octanol–water partition coefficient (Wildman–Crippen LogP) is 2.98. The summed E-state index contributed by atoms with van der Waals surface area (Å²) in [6.07, 6.45) is 5.25. The second kappa shape index (κ2) is 6.31. The zero-order valence-electron chi connectivity index (χ0n) is 10.5. The lowest BCUT2D eigenvalue weighted by Gasteiger charge is -2.17. The number of carbonyl (C=O) groups excluding carboxylic acids is 1. The largest absolute Gasteiger partial charge is 0.306 e. The fraction of sp³-hybridized carbons (Fsp3) is 0.643. The van der Waals surface area contributed by atoms with E-state index in [2.05, 4.69) is 29.5 Å². The highest BCUT2D eigenvalue weighted by molar-refractivity contribution is 7.09. The third-order valence-corrected chi connectivity index (χ3v) is 4.55. The maximum Gasteiger partial charge on any atom is 0.136 e. The maximum atomic E-state index is 11.5. The van der Waals surface area contributed by atoms with Crippen molar-refractivity contribution in [1.29, 1.82) is 0 Å². The fourth-order valence-electron chi connectivity index (χ4n) is 2.44. The first-order valence-corrected chi connectivity index (χ1v) is 7.37. The van der Waals surface area contributed by atoms with Gasteiger partial charge in [0.25, 0.3) is 0 Å². The van der Waals surface area contributed by atoms with Crippen molar-refractivity contribution in [2.45, 2.75) is 32.1 Å². The van der Waals surface area contributed by atoms with E-state index in [1.807, 2.05) is 11.3 Å². The van der Waals surface area contributed by atoms with E-state index in [0.29, 0.717) is 11.7 Å². The van der Waals surface area contributed by atoms with Gasteiger partial charge in [-0.2, -0.15) is 0 Å². The van der Waals surface area contributed by atoms with Crippen LogP contribution in [0.25, 0.3) is 0 Å². The quantitative estimate of drug-likeness (QED) is 0.774. The molecule has 1 aromatic rings. The zero-order chi connectivity index (χ0) is 12.1. The van der Waals surface area contributed by atoms with Gasteiger partial charge in [0, 0.05) is 23.8 Å². The van der Waals surface area contributed by atoms with E-state index >= 15 is 0 Å². The molecule has 0 spiro atoms. The molecule has 0 bridgehead atoms. The standard InChI is InChI=1S/C14H21NOS/c1-15(10-8-13-5-3-11-17-13)9-7-12-4-2-6-14(12)16/h3,5,11-12H,2,4,6-10H2,1H3. The van der Waals surface area contributed by atoms with Crippen molar-refractivity contribution in [3.05, 3.63) is 22.4 Å². The summed E-state index contributed by atoms with van der Waals surface area (Å²) in [5, 5.41) is 2.13. The van der Waals surface area contributed by atoms with Gasteiger partial charge in [-0.15, -0.1) is 11.3 Å². The Morgan fingerprint density at radius 2 is 2.35 bits per heavy atom. The number of rotatable bonds is 6. The Hall–Kier alpha value is -0.670. The minimum atomic E-state index is 0.360. The van der Waals surface area contributed by atoms with E-state index in [1.54, 1.807) is 0 Å². The van der Waals surface area contributed by atoms with E-state index in [9.17, 15) is 4.79 Å². The third-order valence-electron chi connectivity index (χ3n) is 3.61. The molecule has 17 heavy (non-hydrogen) atoms. The SMILES string of the molecule is CN(CCc1cccs1)CCC1CCCC1=O. The van der Waals surface area contributed by atoms with Crippen LogP contribution in [0.3, 0.4) is 0 Å². The molecule has 0 radical (unpaired) electrons. The molecule has 0 saturated heterocycles. The summed E-state index contributed by atoms with van der Waals surface area (Å²) in [5.74, 6) is 0.857. The summed E-state index contributed by atoms with van der Waals surface area (Å²) >= 11 is 1.83. The molecule has 1 fully saturated rings. The number of nitrogens with zero attached hydrogens (tertiary/aromatic N) is 1. The van der Waals surface area contributed by atoms with Gasteiger partial charge in [-0.05, 0) is 50.7 Å². The molecule has 2 nitrogen and oxygen atoms in total. The van der Waals surface area contributed by atoms with Crippen LogP contribution in [0.4, 0.5) is 0 Å². The van der Waals surface area contributed by atoms with E-state index in [0.717, 1.165) is 45.2 Å². The molecule has 1 aromatic heterocycles. The van der Waals surface area contributed by atoms with E-state index in [4.69, 9.17) is 0 Å². The van der Waals surface area contributed by atoms with Crippen molar-refractivity contribution in [2.24, 2.45) is 5.92 Å². The smallest absolute Gasteiger partial charge is 0.136 e. The number of Topliss-reactive ketones (excluding diaryl/α,β-unsaturated/α-hetero) is 1. The number of hydrogen-bond donors (Lipinski definition) is 0. The topological polar surface area (TPSA) is 20.3 Å². The van der Waals surface area contributed by atoms with Crippen LogP contribution >= 0.6 is 11.3 Å². The Balaban J connectivity index is 1.63. The maximum absolute atomic E-state index is 11.5. The molecule has 94 valence electrons. The van der Waals surface area contributed by atoms with Gasteiger partial charge in [0.2, 0.25) is 0 Å². The van der Waals surface area contributed by atoms with Crippen LogP contribution in [0.15, 0.2) is 17.5 Å². The normalized spacial score (nSPS) is 20.4. The molecular weight excluding hydrogens is 230 g/mol. The van der Waals surface area contributed by atoms with Gasteiger partial charge in [0.1, 0.15) is 5.78 Å². The summed E-state index contributed by atoms with van der Waals surface area (Å²) in [5.41, 5.74) is 0. The molecule has 2 rings (SSSR count). The Labute approximate surface area is 108 Å². The molecule has 1 heterocycles. The first-order chi connectivity index (χ1) is 8.25. The monoisotopic (exact) mass is 251 g/mol. The van der Waals surface area contributed by atoms with Gasteiger partial charge >= 0.3 is 0 Å². The number of carbonyl (C=O) groups is 1. The van der Waals surface area contributed by atoms with Crippen LogP contribution in [-0.2, 0) is 11.2 Å². The highest BCUT2D eigenvalue weighted by Crippen LogP contribution is 2.24.